The molecular formula is C18H24N2O. The van der Waals surface area contributed by atoms with Crippen LogP contribution in [0.15, 0.2) is 36.9 Å². The molecule has 0 unspecified atom stereocenters. The molecule has 0 aliphatic carbocycles. The number of likely N-dealkylation sites (N-methyl/N-ethyl adjacent to an activating group) is 1. The third kappa shape index (κ3) is 2.87. The number of benzene rings is 1. The van der Waals surface area contributed by atoms with Crippen LogP contribution < -0.4 is 0 Å². The van der Waals surface area contributed by atoms with Gasteiger partial charge in [-0.05, 0) is 31.9 Å². The van der Waals surface area contributed by atoms with Crippen LogP contribution in [0.2, 0.25) is 0 Å². The van der Waals surface area contributed by atoms with Crippen LogP contribution in [0.1, 0.15) is 25.1 Å². The van der Waals surface area contributed by atoms with E-state index in [0.717, 1.165) is 25.2 Å². The van der Waals surface area contributed by atoms with Crippen LogP contribution >= 0.6 is 0 Å². The molecule has 3 heteroatoms. The number of rotatable bonds is 6. The van der Waals surface area contributed by atoms with Gasteiger partial charge in [0.05, 0.1) is 6.42 Å². The molecule has 1 aromatic heterocycles. The first kappa shape index (κ1) is 15.4. The number of carbonyl (C=O) groups is 1. The molecule has 21 heavy (non-hydrogen) atoms. The number of allylic oxidation sites excluding steroid dienone is 1. The summed E-state index contributed by atoms with van der Waals surface area (Å²) in [5.41, 5.74) is 3.51. The predicted molar refractivity (Wildman–Crippen MR) is 88.5 cm³/mol. The van der Waals surface area contributed by atoms with Crippen LogP contribution in [-0.2, 0) is 24.7 Å². The van der Waals surface area contributed by atoms with Gasteiger partial charge in [0.1, 0.15) is 0 Å². The molecule has 0 bridgehead atoms. The lowest BCUT2D eigenvalue weighted by Crippen LogP contribution is -2.32. The molecule has 0 aliphatic heterocycles. The third-order valence-electron chi connectivity index (χ3n) is 4.13. The monoisotopic (exact) mass is 284 g/mol. The summed E-state index contributed by atoms with van der Waals surface area (Å²) in [6.45, 7) is 9.42. The number of amides is 1. The number of hydrogen-bond acceptors (Lipinski definition) is 1. The average Bonchev–Trinajstić information content (AvgIpc) is 2.75. The molecule has 1 aromatic carbocycles. The number of aryl methyl sites for hydroxylation is 1. The Morgan fingerprint density at radius 3 is 2.57 bits per heavy atom. The Morgan fingerprint density at radius 1 is 1.29 bits per heavy atom. The first-order valence-corrected chi connectivity index (χ1v) is 7.57. The smallest absolute Gasteiger partial charge is 0.228 e. The summed E-state index contributed by atoms with van der Waals surface area (Å²) >= 11 is 0. The van der Waals surface area contributed by atoms with Gasteiger partial charge >= 0.3 is 0 Å². The Labute approximate surface area is 126 Å². The molecule has 1 amide bonds. The van der Waals surface area contributed by atoms with Gasteiger partial charge in [-0.15, -0.1) is 6.58 Å². The fourth-order valence-corrected chi connectivity index (χ4v) is 2.95. The summed E-state index contributed by atoms with van der Waals surface area (Å²) in [6, 6.07) is 8.31. The van der Waals surface area contributed by atoms with Gasteiger partial charge < -0.3 is 9.47 Å². The minimum Gasteiger partial charge on any atom is -0.347 e. The van der Waals surface area contributed by atoms with E-state index in [4.69, 9.17) is 0 Å². The summed E-state index contributed by atoms with van der Waals surface area (Å²) in [5.74, 6) is 0.191. The van der Waals surface area contributed by atoms with E-state index in [1.807, 2.05) is 44.0 Å². The molecule has 0 aliphatic rings. The Bertz CT molecular complexity index is 651. The van der Waals surface area contributed by atoms with E-state index in [9.17, 15) is 4.79 Å². The minimum atomic E-state index is 0.191. The highest BCUT2D eigenvalue weighted by Gasteiger charge is 2.18. The van der Waals surface area contributed by atoms with Gasteiger partial charge in [0.15, 0.2) is 0 Å². The molecule has 0 fully saturated rings. The first-order valence-electron chi connectivity index (χ1n) is 7.57. The SMILES string of the molecule is C=CCc1c(CC(=O)N(CC)CC)n(C)c2ccccc12. The van der Waals surface area contributed by atoms with Crippen molar-refractivity contribution in [3.05, 3.63) is 48.2 Å². The van der Waals surface area contributed by atoms with Gasteiger partial charge in [0, 0.05) is 36.7 Å². The largest absolute Gasteiger partial charge is 0.347 e. The van der Waals surface area contributed by atoms with E-state index in [1.54, 1.807) is 0 Å². The van der Waals surface area contributed by atoms with Crippen molar-refractivity contribution >= 4 is 16.8 Å². The Morgan fingerprint density at radius 2 is 1.95 bits per heavy atom. The van der Waals surface area contributed by atoms with Gasteiger partial charge in [0.25, 0.3) is 0 Å². The van der Waals surface area contributed by atoms with Gasteiger partial charge in [-0.25, -0.2) is 0 Å². The standard InChI is InChI=1S/C18H24N2O/c1-5-10-14-15-11-8-9-12-16(15)19(4)17(14)13-18(21)20(6-2)7-3/h5,8-9,11-12H,1,6-7,10,13H2,2-4H3. The lowest BCUT2D eigenvalue weighted by atomic mass is 10.1. The number of nitrogens with zero attached hydrogens (tertiary/aromatic N) is 2. The molecule has 0 saturated heterocycles. The second-order valence-electron chi connectivity index (χ2n) is 5.24. The van der Waals surface area contributed by atoms with Crippen LogP contribution in [0.25, 0.3) is 10.9 Å². The van der Waals surface area contributed by atoms with Crippen LogP contribution in [-0.4, -0.2) is 28.5 Å². The zero-order chi connectivity index (χ0) is 15.4. The van der Waals surface area contributed by atoms with E-state index in [0.29, 0.717) is 6.42 Å². The summed E-state index contributed by atoms with van der Waals surface area (Å²) in [4.78, 5) is 14.3. The zero-order valence-corrected chi connectivity index (χ0v) is 13.2. The van der Waals surface area contributed by atoms with Gasteiger partial charge in [0.2, 0.25) is 5.91 Å². The normalized spacial score (nSPS) is 10.8. The number of aromatic nitrogens is 1. The van der Waals surface area contributed by atoms with Crippen molar-refractivity contribution in [3.8, 4) is 0 Å². The average molecular weight is 284 g/mol. The fraction of sp³-hybridized carbons (Fsp3) is 0.389. The fourth-order valence-electron chi connectivity index (χ4n) is 2.95. The maximum Gasteiger partial charge on any atom is 0.228 e. The topological polar surface area (TPSA) is 25.2 Å². The highest BCUT2D eigenvalue weighted by Crippen LogP contribution is 2.26. The number of carbonyl (C=O) groups excluding carboxylic acids is 1. The molecule has 1 heterocycles. The van der Waals surface area contributed by atoms with Crippen molar-refractivity contribution < 1.29 is 4.79 Å². The van der Waals surface area contributed by atoms with Crippen LogP contribution in [0, 0.1) is 0 Å². The van der Waals surface area contributed by atoms with Crippen molar-refractivity contribution in [2.45, 2.75) is 26.7 Å². The molecule has 3 nitrogen and oxygen atoms in total. The van der Waals surface area contributed by atoms with E-state index in [-0.39, 0.29) is 5.91 Å². The maximum absolute atomic E-state index is 12.4. The molecule has 0 N–H and O–H groups in total. The predicted octanol–water partition coefficient (Wildman–Crippen LogP) is 3.32. The lowest BCUT2D eigenvalue weighted by molar-refractivity contribution is -0.130. The summed E-state index contributed by atoms with van der Waals surface area (Å²) in [5, 5.41) is 1.22. The first-order chi connectivity index (χ1) is 10.1. The molecular weight excluding hydrogens is 260 g/mol. The molecule has 2 rings (SSSR count). The van der Waals surface area contributed by atoms with E-state index in [1.165, 1.54) is 16.5 Å². The molecule has 112 valence electrons. The van der Waals surface area contributed by atoms with Crippen LogP contribution in [0.4, 0.5) is 0 Å². The molecule has 0 saturated carbocycles. The van der Waals surface area contributed by atoms with Crippen molar-refractivity contribution in [1.29, 1.82) is 0 Å². The second-order valence-corrected chi connectivity index (χ2v) is 5.24. The van der Waals surface area contributed by atoms with Gasteiger partial charge in [-0.2, -0.15) is 0 Å². The molecule has 0 radical (unpaired) electrons. The quantitative estimate of drug-likeness (QED) is 0.747. The van der Waals surface area contributed by atoms with Crippen molar-refractivity contribution in [2.75, 3.05) is 13.1 Å². The van der Waals surface area contributed by atoms with Crippen molar-refractivity contribution in [2.24, 2.45) is 7.05 Å². The summed E-state index contributed by atoms with van der Waals surface area (Å²) in [7, 11) is 2.04. The van der Waals surface area contributed by atoms with E-state index in [2.05, 4.69) is 23.3 Å². The van der Waals surface area contributed by atoms with Crippen LogP contribution in [0.5, 0.6) is 0 Å². The van der Waals surface area contributed by atoms with Gasteiger partial charge in [-0.1, -0.05) is 24.3 Å². The highest BCUT2D eigenvalue weighted by atomic mass is 16.2. The minimum absolute atomic E-state index is 0.191. The molecule has 0 atom stereocenters. The maximum atomic E-state index is 12.4. The Balaban J connectivity index is 2.47. The molecule has 0 spiro atoms. The number of fused-ring (bicyclic) bond motifs is 1. The van der Waals surface area contributed by atoms with E-state index < -0.39 is 0 Å². The van der Waals surface area contributed by atoms with Crippen molar-refractivity contribution in [1.82, 2.24) is 9.47 Å². The zero-order valence-electron chi connectivity index (χ0n) is 13.2. The van der Waals surface area contributed by atoms with E-state index >= 15 is 0 Å². The third-order valence-corrected chi connectivity index (χ3v) is 4.13. The molecule has 2 aromatic rings. The summed E-state index contributed by atoms with van der Waals surface area (Å²) in [6.07, 6.45) is 3.16. The Hall–Kier alpha value is -2.03. The van der Waals surface area contributed by atoms with Gasteiger partial charge in [-0.3, -0.25) is 4.79 Å². The Kier molecular flexibility index (Phi) is 4.84. The number of hydrogen-bond donors (Lipinski definition) is 0. The highest BCUT2D eigenvalue weighted by molar-refractivity contribution is 5.88. The lowest BCUT2D eigenvalue weighted by Gasteiger charge is -2.19. The van der Waals surface area contributed by atoms with Crippen LogP contribution in [0.3, 0.4) is 0 Å². The number of para-hydroxylation sites is 1. The van der Waals surface area contributed by atoms with Crippen molar-refractivity contribution in [3.63, 3.8) is 0 Å². The second kappa shape index (κ2) is 6.61. The summed E-state index contributed by atoms with van der Waals surface area (Å²) < 4.78 is 2.15.